The molecule has 0 aliphatic rings. The molecule has 0 amide bonds. The normalized spacial score (nSPS) is 13.4. The minimum absolute atomic E-state index is 0.922. The van der Waals surface area contributed by atoms with E-state index < -0.39 is 0 Å². The van der Waals surface area contributed by atoms with Crippen LogP contribution in [0.5, 0.6) is 0 Å². The summed E-state index contributed by atoms with van der Waals surface area (Å²) in [5.74, 6) is 0.922. The summed E-state index contributed by atoms with van der Waals surface area (Å²) in [6.07, 6.45) is 4.00. The van der Waals surface area contributed by atoms with Gasteiger partial charge in [0.15, 0.2) is 0 Å². The summed E-state index contributed by atoms with van der Waals surface area (Å²) in [5.41, 5.74) is 5.72. The second-order valence-corrected chi connectivity index (χ2v) is 4.23. The Morgan fingerprint density at radius 3 is 2.41 bits per heavy atom. The standard InChI is InChI=1S/C15H21NO/c1-7-10(2)15(13(5)17-6)14-8-11(3)12(4)16-9-14/h7-9H,1-6H3/b10-7+,15-13+. The van der Waals surface area contributed by atoms with Crippen molar-refractivity contribution in [2.75, 3.05) is 7.11 Å². The maximum atomic E-state index is 5.37. The minimum atomic E-state index is 0.922. The van der Waals surface area contributed by atoms with Crippen LogP contribution in [-0.2, 0) is 4.74 Å². The Labute approximate surface area is 104 Å². The number of pyridine rings is 1. The molecular weight excluding hydrogens is 210 g/mol. The fourth-order valence-electron chi connectivity index (χ4n) is 1.73. The van der Waals surface area contributed by atoms with Crippen molar-refractivity contribution in [2.24, 2.45) is 0 Å². The maximum Gasteiger partial charge on any atom is 0.101 e. The number of ether oxygens (including phenoxy) is 1. The van der Waals surface area contributed by atoms with Crippen LogP contribution in [0.4, 0.5) is 0 Å². The van der Waals surface area contributed by atoms with E-state index in [1.165, 1.54) is 11.1 Å². The molecule has 0 fully saturated rings. The van der Waals surface area contributed by atoms with E-state index >= 15 is 0 Å². The maximum absolute atomic E-state index is 5.37. The van der Waals surface area contributed by atoms with Gasteiger partial charge in [-0.3, -0.25) is 4.98 Å². The van der Waals surface area contributed by atoms with Gasteiger partial charge >= 0.3 is 0 Å². The Morgan fingerprint density at radius 1 is 1.29 bits per heavy atom. The molecule has 1 aromatic heterocycles. The number of aromatic nitrogens is 1. The molecule has 0 N–H and O–H groups in total. The van der Waals surface area contributed by atoms with Crippen molar-refractivity contribution in [1.29, 1.82) is 0 Å². The van der Waals surface area contributed by atoms with Gasteiger partial charge in [-0.15, -0.1) is 0 Å². The number of hydrogen-bond donors (Lipinski definition) is 0. The van der Waals surface area contributed by atoms with Gasteiger partial charge in [0, 0.05) is 23.0 Å². The number of allylic oxidation sites excluding steroid dienone is 4. The average Bonchev–Trinajstić information content (AvgIpc) is 2.33. The molecule has 2 nitrogen and oxygen atoms in total. The number of rotatable bonds is 3. The minimum Gasteiger partial charge on any atom is -0.501 e. The predicted octanol–water partition coefficient (Wildman–Crippen LogP) is 4.04. The summed E-state index contributed by atoms with van der Waals surface area (Å²) >= 11 is 0. The molecule has 1 aromatic rings. The largest absolute Gasteiger partial charge is 0.501 e. The van der Waals surface area contributed by atoms with E-state index in [-0.39, 0.29) is 0 Å². The zero-order valence-corrected chi connectivity index (χ0v) is 11.6. The van der Waals surface area contributed by atoms with E-state index in [1.807, 2.05) is 27.0 Å². The lowest BCUT2D eigenvalue weighted by atomic mass is 9.97. The first kappa shape index (κ1) is 13.5. The fourth-order valence-corrected chi connectivity index (χ4v) is 1.73. The molecule has 0 unspecified atom stereocenters. The smallest absolute Gasteiger partial charge is 0.101 e. The van der Waals surface area contributed by atoms with E-state index in [2.05, 4.69) is 31.0 Å². The second kappa shape index (κ2) is 5.67. The molecule has 0 saturated heterocycles. The van der Waals surface area contributed by atoms with Crippen LogP contribution in [0.3, 0.4) is 0 Å². The summed E-state index contributed by atoms with van der Waals surface area (Å²) < 4.78 is 5.37. The topological polar surface area (TPSA) is 22.1 Å². The summed E-state index contributed by atoms with van der Waals surface area (Å²) in [6.45, 7) is 10.2. The van der Waals surface area contributed by atoms with Crippen LogP contribution in [0, 0.1) is 13.8 Å². The predicted molar refractivity (Wildman–Crippen MR) is 72.7 cm³/mol. The van der Waals surface area contributed by atoms with E-state index in [1.54, 1.807) is 7.11 Å². The second-order valence-electron chi connectivity index (χ2n) is 4.23. The van der Waals surface area contributed by atoms with Gasteiger partial charge in [0.25, 0.3) is 0 Å². The summed E-state index contributed by atoms with van der Waals surface area (Å²) in [7, 11) is 1.70. The lowest BCUT2D eigenvalue weighted by Gasteiger charge is -2.13. The highest BCUT2D eigenvalue weighted by atomic mass is 16.5. The Balaban J connectivity index is 3.39. The molecule has 17 heavy (non-hydrogen) atoms. The highest BCUT2D eigenvalue weighted by Crippen LogP contribution is 2.27. The lowest BCUT2D eigenvalue weighted by Crippen LogP contribution is -1.97. The number of aryl methyl sites for hydroxylation is 2. The highest BCUT2D eigenvalue weighted by Gasteiger charge is 2.10. The molecule has 2 heteroatoms. The first-order chi connectivity index (χ1) is 8.01. The van der Waals surface area contributed by atoms with E-state index in [4.69, 9.17) is 4.74 Å². The summed E-state index contributed by atoms with van der Waals surface area (Å²) in [6, 6.07) is 2.16. The first-order valence-corrected chi connectivity index (χ1v) is 5.83. The van der Waals surface area contributed by atoms with Crippen molar-refractivity contribution in [2.45, 2.75) is 34.6 Å². The Kier molecular flexibility index (Phi) is 4.50. The van der Waals surface area contributed by atoms with E-state index in [0.29, 0.717) is 0 Å². The van der Waals surface area contributed by atoms with Gasteiger partial charge in [-0.1, -0.05) is 6.08 Å². The van der Waals surface area contributed by atoms with Gasteiger partial charge in [0.05, 0.1) is 7.11 Å². The fraction of sp³-hybridized carbons (Fsp3) is 0.400. The van der Waals surface area contributed by atoms with Crippen molar-refractivity contribution in [3.63, 3.8) is 0 Å². The SMILES string of the molecule is C/C=C(C)/C(=C(/C)OC)c1cnc(C)c(C)c1. The van der Waals surface area contributed by atoms with Gasteiger partial charge in [-0.25, -0.2) is 0 Å². The molecule has 0 atom stereocenters. The number of methoxy groups -OCH3 is 1. The van der Waals surface area contributed by atoms with Crippen molar-refractivity contribution in [3.05, 3.63) is 46.5 Å². The Morgan fingerprint density at radius 2 is 1.94 bits per heavy atom. The zero-order chi connectivity index (χ0) is 13.0. The lowest BCUT2D eigenvalue weighted by molar-refractivity contribution is 0.296. The van der Waals surface area contributed by atoms with Crippen molar-refractivity contribution >= 4 is 5.57 Å². The quantitative estimate of drug-likeness (QED) is 0.578. The first-order valence-electron chi connectivity index (χ1n) is 5.83. The summed E-state index contributed by atoms with van der Waals surface area (Å²) in [5, 5.41) is 0. The van der Waals surface area contributed by atoms with Gasteiger partial charge < -0.3 is 4.74 Å². The molecule has 0 saturated carbocycles. The van der Waals surface area contributed by atoms with Crippen molar-refractivity contribution < 1.29 is 4.74 Å². The molecule has 0 aliphatic carbocycles. The Bertz CT molecular complexity index is 470. The van der Waals surface area contributed by atoms with Crippen LogP contribution in [0.2, 0.25) is 0 Å². The summed E-state index contributed by atoms with van der Waals surface area (Å²) in [4.78, 5) is 4.42. The zero-order valence-electron chi connectivity index (χ0n) is 11.6. The Hall–Kier alpha value is -1.57. The molecule has 92 valence electrons. The number of hydrogen-bond acceptors (Lipinski definition) is 2. The monoisotopic (exact) mass is 231 g/mol. The average molecular weight is 231 g/mol. The highest BCUT2D eigenvalue weighted by molar-refractivity contribution is 5.79. The van der Waals surface area contributed by atoms with Crippen molar-refractivity contribution in [3.8, 4) is 0 Å². The third-order valence-electron chi connectivity index (χ3n) is 3.11. The molecule has 1 rings (SSSR count). The van der Waals surface area contributed by atoms with Gasteiger partial charge in [-0.05, 0) is 51.8 Å². The van der Waals surface area contributed by atoms with Crippen LogP contribution in [-0.4, -0.2) is 12.1 Å². The van der Waals surface area contributed by atoms with Gasteiger partial charge in [0.2, 0.25) is 0 Å². The molecule has 0 aliphatic heterocycles. The van der Waals surface area contributed by atoms with Gasteiger partial charge in [-0.2, -0.15) is 0 Å². The van der Waals surface area contributed by atoms with Gasteiger partial charge in [0.1, 0.15) is 5.76 Å². The van der Waals surface area contributed by atoms with E-state index in [9.17, 15) is 0 Å². The third-order valence-corrected chi connectivity index (χ3v) is 3.11. The van der Waals surface area contributed by atoms with E-state index in [0.717, 1.165) is 22.6 Å². The molecular formula is C15H21NO. The third kappa shape index (κ3) is 2.96. The van der Waals surface area contributed by atoms with Crippen molar-refractivity contribution in [1.82, 2.24) is 4.98 Å². The van der Waals surface area contributed by atoms with Crippen LogP contribution >= 0.6 is 0 Å². The molecule has 0 radical (unpaired) electrons. The van der Waals surface area contributed by atoms with Crippen LogP contribution in [0.25, 0.3) is 5.57 Å². The molecule has 0 aromatic carbocycles. The van der Waals surface area contributed by atoms with Crippen LogP contribution < -0.4 is 0 Å². The number of nitrogens with zero attached hydrogens (tertiary/aromatic N) is 1. The van der Waals surface area contributed by atoms with Crippen LogP contribution in [0.1, 0.15) is 37.6 Å². The molecule has 1 heterocycles. The van der Waals surface area contributed by atoms with Crippen LogP contribution in [0.15, 0.2) is 29.7 Å². The molecule has 0 bridgehead atoms. The molecule has 0 spiro atoms.